The number of carbonyl (C=O) groups is 5. The fourth-order valence-electron chi connectivity index (χ4n) is 6.50. The highest BCUT2D eigenvalue weighted by molar-refractivity contribution is 9.26. The molecule has 37 heavy (non-hydrogen) atoms. The third-order valence-corrected chi connectivity index (χ3v) is 15.7. The van der Waals surface area contributed by atoms with Crippen LogP contribution in [0.2, 0.25) is 0 Å². The van der Waals surface area contributed by atoms with Gasteiger partial charge in [-0.05, 0) is 48.2 Å². The molecule has 1 saturated carbocycles. The quantitative estimate of drug-likeness (QED) is 0.375. The van der Waals surface area contributed by atoms with Crippen molar-refractivity contribution in [3.8, 4) is 0 Å². The van der Waals surface area contributed by atoms with Crippen molar-refractivity contribution in [1.29, 1.82) is 0 Å². The highest BCUT2D eigenvalue weighted by Gasteiger charge is 2.85. The van der Waals surface area contributed by atoms with Crippen LogP contribution >= 0.6 is 41.2 Å². The second-order valence-electron chi connectivity index (χ2n) is 10.7. The molecule has 0 radical (unpaired) electrons. The summed E-state index contributed by atoms with van der Waals surface area (Å²) in [7, 11) is 6.21. The molecule has 6 aliphatic rings. The van der Waals surface area contributed by atoms with Gasteiger partial charge in [0.25, 0.3) is 11.8 Å². The number of Topliss-reactive ketones (excluding diaryl/α,β-unsaturated/α-hetero) is 1. The number of hydrogen-bond donors (Lipinski definition) is 1. The van der Waals surface area contributed by atoms with E-state index in [0.717, 1.165) is 21.6 Å². The number of esters is 2. The molecule has 0 aromatic carbocycles. The number of likely N-dealkylation sites (N-methyl/N-ethyl adjacent to an activating group) is 1. The van der Waals surface area contributed by atoms with Crippen molar-refractivity contribution in [3.63, 3.8) is 0 Å². The Kier molecular flexibility index (Phi) is 6.25. The van der Waals surface area contributed by atoms with Gasteiger partial charge >= 0.3 is 11.9 Å². The summed E-state index contributed by atoms with van der Waals surface area (Å²) in [5, 5.41) is 10.4. The number of fused-ring (bicyclic) bond motifs is 5. The van der Waals surface area contributed by atoms with Crippen LogP contribution in [-0.2, 0) is 38.2 Å². The molecule has 11 nitrogen and oxygen atoms in total. The van der Waals surface area contributed by atoms with Crippen LogP contribution in [-0.4, -0.2) is 97.3 Å². The molecule has 2 spiro atoms. The van der Waals surface area contributed by atoms with Gasteiger partial charge in [-0.15, -0.1) is 0 Å². The Labute approximate surface area is 229 Å². The SMILES string of the molecule is CC(=O)OC1C2(CC3N4C(=O)C5(CO)SSSSC4(CC31OC(C)=O)C(=O)N5C)OC(C)C(C)(C)C2=O. The van der Waals surface area contributed by atoms with Gasteiger partial charge in [-0.1, -0.05) is 13.8 Å². The van der Waals surface area contributed by atoms with Crippen LogP contribution in [0, 0.1) is 5.41 Å². The summed E-state index contributed by atoms with van der Waals surface area (Å²) in [6, 6.07) is -1.03. The number of ketones is 1. The largest absolute Gasteiger partial charge is 0.455 e. The van der Waals surface area contributed by atoms with Crippen LogP contribution in [0.5, 0.6) is 0 Å². The van der Waals surface area contributed by atoms with Crippen molar-refractivity contribution in [3.05, 3.63) is 0 Å². The fraction of sp³-hybridized carbons (Fsp3) is 0.773. The van der Waals surface area contributed by atoms with Gasteiger partial charge in [0.05, 0.1) is 24.2 Å². The maximum absolute atomic E-state index is 14.3. The second-order valence-corrected chi connectivity index (χ2v) is 16.9. The van der Waals surface area contributed by atoms with Gasteiger partial charge in [0.2, 0.25) is 4.87 Å². The van der Waals surface area contributed by atoms with Gasteiger partial charge < -0.3 is 29.1 Å². The Hall–Kier alpha value is -1.13. The number of hydrogen-bond acceptors (Lipinski definition) is 13. The number of amides is 2. The number of rotatable bonds is 3. The zero-order chi connectivity index (χ0) is 27.3. The van der Waals surface area contributed by atoms with Gasteiger partial charge in [0, 0.05) is 33.7 Å². The molecule has 15 heteroatoms. The van der Waals surface area contributed by atoms with E-state index in [1.807, 2.05) is 0 Å². The highest BCUT2D eigenvalue weighted by atomic mass is 33.7. The van der Waals surface area contributed by atoms with E-state index in [4.69, 9.17) is 14.2 Å². The Morgan fingerprint density at radius 1 is 1.11 bits per heavy atom. The lowest BCUT2D eigenvalue weighted by Crippen LogP contribution is -2.74. The van der Waals surface area contributed by atoms with Crippen molar-refractivity contribution in [2.45, 2.75) is 86.7 Å². The number of carbonyl (C=O) groups excluding carboxylic acids is 5. The smallest absolute Gasteiger partial charge is 0.303 e. The number of aliphatic hydroxyl groups is 1. The van der Waals surface area contributed by atoms with Crippen molar-refractivity contribution >= 4 is 70.8 Å². The maximum Gasteiger partial charge on any atom is 0.303 e. The lowest BCUT2D eigenvalue weighted by molar-refractivity contribution is -0.202. The number of nitrogens with zero attached hydrogens (tertiary/aromatic N) is 2. The minimum atomic E-state index is -1.74. The molecule has 0 aromatic heterocycles. The summed E-state index contributed by atoms with van der Waals surface area (Å²) in [6.45, 7) is 6.94. The third-order valence-electron chi connectivity index (χ3n) is 8.45. The predicted octanol–water partition coefficient (Wildman–Crippen LogP) is 1.53. The van der Waals surface area contributed by atoms with Crippen LogP contribution in [0.3, 0.4) is 0 Å². The lowest BCUT2D eigenvalue weighted by Gasteiger charge is -2.54. The molecule has 5 heterocycles. The molecule has 0 aromatic rings. The molecular weight excluding hydrogens is 565 g/mol. The molecule has 204 valence electrons. The Bertz CT molecular complexity index is 1120. The normalized spacial score (nSPS) is 44.1. The minimum Gasteiger partial charge on any atom is -0.455 e. The van der Waals surface area contributed by atoms with E-state index in [1.54, 1.807) is 20.8 Å². The molecule has 7 atom stereocenters. The molecule has 6 rings (SSSR count). The average molecular weight is 593 g/mol. The van der Waals surface area contributed by atoms with E-state index in [1.165, 1.54) is 50.3 Å². The molecule has 5 aliphatic heterocycles. The molecule has 5 saturated heterocycles. The van der Waals surface area contributed by atoms with E-state index in [0.29, 0.717) is 0 Å². The van der Waals surface area contributed by atoms with Gasteiger partial charge in [0.1, 0.15) is 0 Å². The number of aliphatic hydroxyl groups excluding tert-OH is 1. The summed E-state index contributed by atoms with van der Waals surface area (Å²) < 4.78 is 18.1. The van der Waals surface area contributed by atoms with E-state index < -0.39 is 75.0 Å². The van der Waals surface area contributed by atoms with Gasteiger partial charge in [0.15, 0.2) is 28.0 Å². The Balaban J connectivity index is 1.76. The minimum absolute atomic E-state index is 0.139. The van der Waals surface area contributed by atoms with Crippen LogP contribution in [0.4, 0.5) is 0 Å². The second kappa shape index (κ2) is 8.43. The molecule has 2 amide bonds. The molecule has 1 aliphatic carbocycles. The van der Waals surface area contributed by atoms with Gasteiger partial charge in [-0.3, -0.25) is 24.0 Å². The van der Waals surface area contributed by atoms with Crippen LogP contribution in [0.15, 0.2) is 0 Å². The first-order valence-corrected chi connectivity index (χ1v) is 16.5. The highest BCUT2D eigenvalue weighted by Crippen LogP contribution is 2.70. The summed E-state index contributed by atoms with van der Waals surface area (Å²) in [4.78, 5) is 66.8. The van der Waals surface area contributed by atoms with Gasteiger partial charge in [-0.25, -0.2) is 0 Å². The molecule has 1 N–H and O–H groups in total. The predicted molar refractivity (Wildman–Crippen MR) is 138 cm³/mol. The van der Waals surface area contributed by atoms with E-state index in [2.05, 4.69) is 0 Å². The summed E-state index contributed by atoms with van der Waals surface area (Å²) in [5.41, 5.74) is -4.39. The van der Waals surface area contributed by atoms with Crippen LogP contribution in [0.25, 0.3) is 0 Å². The summed E-state index contributed by atoms with van der Waals surface area (Å²) in [6.07, 6.45) is -2.31. The van der Waals surface area contributed by atoms with Crippen molar-refractivity contribution < 1.29 is 43.3 Å². The fourth-order valence-corrected chi connectivity index (χ4v) is 14.2. The van der Waals surface area contributed by atoms with Crippen LogP contribution < -0.4 is 0 Å². The molecular formula is C22H28N2O9S4. The first-order chi connectivity index (χ1) is 17.2. The first-order valence-electron chi connectivity index (χ1n) is 11.7. The summed E-state index contributed by atoms with van der Waals surface area (Å²) >= 11 is 0. The topological polar surface area (TPSA) is 140 Å². The number of piperazine rings is 1. The van der Waals surface area contributed by atoms with Crippen LogP contribution in [0.1, 0.15) is 47.5 Å². The molecule has 2 bridgehead atoms. The Morgan fingerprint density at radius 3 is 2.30 bits per heavy atom. The molecule has 6 fully saturated rings. The molecule has 7 unspecified atom stereocenters. The first kappa shape index (κ1) is 27.4. The van der Waals surface area contributed by atoms with Crippen molar-refractivity contribution in [2.75, 3.05) is 13.7 Å². The maximum atomic E-state index is 14.3. The van der Waals surface area contributed by atoms with Crippen molar-refractivity contribution in [1.82, 2.24) is 9.80 Å². The zero-order valence-electron chi connectivity index (χ0n) is 21.1. The Morgan fingerprint density at radius 2 is 1.76 bits per heavy atom. The van der Waals surface area contributed by atoms with Crippen molar-refractivity contribution in [2.24, 2.45) is 5.41 Å². The number of ether oxygens (including phenoxy) is 3. The van der Waals surface area contributed by atoms with E-state index >= 15 is 0 Å². The lowest BCUT2D eigenvalue weighted by atomic mass is 9.76. The van der Waals surface area contributed by atoms with E-state index in [-0.39, 0.29) is 18.6 Å². The average Bonchev–Trinajstić information content (AvgIpc) is 3.27. The standard InChI is InChI=1S/C22H28N2O9S4/c1-10-18(4,5)14(28)19(32-10)7-13-20(33-12(3)27,15(19)31-11(2)26)8-21-16(29)23(6)22(9-25,17(30)24(13)21)35-37-36-34-21/h10,13,15,25H,7-9H2,1-6H3. The summed E-state index contributed by atoms with van der Waals surface area (Å²) in [5.74, 6) is -2.76. The zero-order valence-corrected chi connectivity index (χ0v) is 24.4. The monoisotopic (exact) mass is 592 g/mol. The third kappa shape index (κ3) is 3.24. The van der Waals surface area contributed by atoms with Gasteiger partial charge in [-0.2, -0.15) is 0 Å². The van der Waals surface area contributed by atoms with E-state index in [9.17, 15) is 29.1 Å².